The lowest BCUT2D eigenvalue weighted by Crippen LogP contribution is -2.24. The van der Waals surface area contributed by atoms with Crippen molar-refractivity contribution in [2.24, 2.45) is 0 Å². The Morgan fingerprint density at radius 3 is 2.64 bits per heavy atom. The Morgan fingerprint density at radius 1 is 1.16 bits per heavy atom. The van der Waals surface area contributed by atoms with Gasteiger partial charge in [0.2, 0.25) is 0 Å². The minimum Gasteiger partial charge on any atom is -0.348 e. The number of aromatic nitrogens is 3. The SMILES string of the molecule is CCCc1nn(-c2ccccc2)c(C)c1C(=O)NCc1cccnc1. The summed E-state index contributed by atoms with van der Waals surface area (Å²) < 4.78 is 1.85. The number of amides is 1. The zero-order valence-corrected chi connectivity index (χ0v) is 14.6. The van der Waals surface area contributed by atoms with E-state index < -0.39 is 0 Å². The fraction of sp³-hybridized carbons (Fsp3) is 0.250. The van der Waals surface area contributed by atoms with Gasteiger partial charge in [0, 0.05) is 18.9 Å². The highest BCUT2D eigenvalue weighted by Crippen LogP contribution is 2.19. The van der Waals surface area contributed by atoms with E-state index in [0.717, 1.165) is 35.5 Å². The molecule has 2 heterocycles. The molecule has 0 aliphatic carbocycles. The van der Waals surface area contributed by atoms with Crippen molar-refractivity contribution in [3.63, 3.8) is 0 Å². The van der Waals surface area contributed by atoms with Crippen molar-refractivity contribution >= 4 is 5.91 Å². The molecule has 3 aromatic rings. The molecule has 5 heteroatoms. The number of carbonyl (C=O) groups is 1. The number of rotatable bonds is 6. The van der Waals surface area contributed by atoms with Gasteiger partial charge in [0.05, 0.1) is 22.6 Å². The van der Waals surface area contributed by atoms with Gasteiger partial charge in [0.1, 0.15) is 0 Å². The van der Waals surface area contributed by atoms with Gasteiger partial charge in [0.25, 0.3) is 5.91 Å². The summed E-state index contributed by atoms with van der Waals surface area (Å²) in [5, 5.41) is 7.68. The number of nitrogens with zero attached hydrogens (tertiary/aromatic N) is 3. The van der Waals surface area contributed by atoms with Crippen LogP contribution in [0.3, 0.4) is 0 Å². The second-order valence-corrected chi connectivity index (χ2v) is 5.95. The van der Waals surface area contributed by atoms with Crippen LogP contribution in [0.5, 0.6) is 0 Å². The minimum absolute atomic E-state index is 0.0908. The molecule has 25 heavy (non-hydrogen) atoms. The molecule has 0 spiro atoms. The fourth-order valence-corrected chi connectivity index (χ4v) is 2.86. The van der Waals surface area contributed by atoms with E-state index in [4.69, 9.17) is 0 Å². The molecule has 5 nitrogen and oxygen atoms in total. The van der Waals surface area contributed by atoms with Crippen LogP contribution in [0.1, 0.15) is 40.7 Å². The lowest BCUT2D eigenvalue weighted by molar-refractivity contribution is 0.0949. The molecule has 3 rings (SSSR count). The first-order chi connectivity index (χ1) is 12.2. The highest BCUT2D eigenvalue weighted by atomic mass is 16.1. The third-order valence-electron chi connectivity index (χ3n) is 4.08. The van der Waals surface area contributed by atoms with Gasteiger partial charge in [-0.05, 0) is 37.1 Å². The fourth-order valence-electron chi connectivity index (χ4n) is 2.86. The van der Waals surface area contributed by atoms with Gasteiger partial charge >= 0.3 is 0 Å². The van der Waals surface area contributed by atoms with E-state index in [0.29, 0.717) is 12.1 Å². The van der Waals surface area contributed by atoms with E-state index in [1.165, 1.54) is 0 Å². The molecule has 2 aromatic heterocycles. The van der Waals surface area contributed by atoms with Crippen LogP contribution in [-0.4, -0.2) is 20.7 Å². The largest absolute Gasteiger partial charge is 0.348 e. The maximum Gasteiger partial charge on any atom is 0.255 e. The van der Waals surface area contributed by atoms with E-state index in [-0.39, 0.29) is 5.91 Å². The maximum absolute atomic E-state index is 12.8. The molecule has 0 aliphatic heterocycles. The van der Waals surface area contributed by atoms with Gasteiger partial charge in [0.15, 0.2) is 0 Å². The van der Waals surface area contributed by atoms with Crippen molar-refractivity contribution in [3.8, 4) is 5.69 Å². The molecule has 1 amide bonds. The van der Waals surface area contributed by atoms with E-state index >= 15 is 0 Å². The summed E-state index contributed by atoms with van der Waals surface area (Å²) in [6, 6.07) is 13.7. The average Bonchev–Trinajstić information content (AvgIpc) is 2.98. The summed E-state index contributed by atoms with van der Waals surface area (Å²) in [6.45, 7) is 4.49. The molecule has 0 unspecified atom stereocenters. The van der Waals surface area contributed by atoms with E-state index in [1.54, 1.807) is 12.4 Å². The van der Waals surface area contributed by atoms with Gasteiger partial charge in [-0.25, -0.2) is 4.68 Å². The van der Waals surface area contributed by atoms with E-state index in [9.17, 15) is 4.79 Å². The van der Waals surface area contributed by atoms with Gasteiger partial charge in [-0.3, -0.25) is 9.78 Å². The maximum atomic E-state index is 12.8. The summed E-state index contributed by atoms with van der Waals surface area (Å²) >= 11 is 0. The molecule has 0 fully saturated rings. The quantitative estimate of drug-likeness (QED) is 0.751. The van der Waals surface area contributed by atoms with Crippen molar-refractivity contribution < 1.29 is 4.79 Å². The number of benzene rings is 1. The van der Waals surface area contributed by atoms with Crippen LogP contribution in [-0.2, 0) is 13.0 Å². The van der Waals surface area contributed by atoms with Gasteiger partial charge < -0.3 is 5.32 Å². The third kappa shape index (κ3) is 3.76. The Kier molecular flexibility index (Phi) is 5.23. The summed E-state index contributed by atoms with van der Waals surface area (Å²) in [4.78, 5) is 16.9. The van der Waals surface area contributed by atoms with Gasteiger partial charge in [-0.1, -0.05) is 37.6 Å². The Labute approximate surface area is 147 Å². The Morgan fingerprint density at radius 2 is 1.96 bits per heavy atom. The monoisotopic (exact) mass is 334 g/mol. The number of nitrogens with one attached hydrogen (secondary N) is 1. The molecule has 0 radical (unpaired) electrons. The third-order valence-corrected chi connectivity index (χ3v) is 4.08. The first kappa shape index (κ1) is 16.9. The highest BCUT2D eigenvalue weighted by Gasteiger charge is 2.21. The first-order valence-electron chi connectivity index (χ1n) is 8.51. The molecule has 1 N–H and O–H groups in total. The minimum atomic E-state index is -0.0908. The van der Waals surface area contributed by atoms with Crippen LogP contribution >= 0.6 is 0 Å². The lowest BCUT2D eigenvalue weighted by Gasteiger charge is -2.07. The topological polar surface area (TPSA) is 59.8 Å². The normalized spacial score (nSPS) is 10.6. The number of para-hydroxylation sites is 1. The standard InChI is InChI=1S/C20H22N4O/c1-3-8-18-19(20(25)22-14-16-9-7-12-21-13-16)15(2)24(23-18)17-10-5-4-6-11-17/h4-7,9-13H,3,8,14H2,1-2H3,(H,22,25). The van der Waals surface area contributed by atoms with Crippen LogP contribution in [0.4, 0.5) is 0 Å². The zero-order chi connectivity index (χ0) is 17.6. The highest BCUT2D eigenvalue weighted by molar-refractivity contribution is 5.96. The van der Waals surface area contributed by atoms with Crippen molar-refractivity contribution in [3.05, 3.63) is 77.4 Å². The van der Waals surface area contributed by atoms with Crippen LogP contribution in [0.2, 0.25) is 0 Å². The Balaban J connectivity index is 1.88. The molecule has 0 bridgehead atoms. The van der Waals surface area contributed by atoms with Crippen LogP contribution in [0.25, 0.3) is 5.69 Å². The van der Waals surface area contributed by atoms with Crippen molar-refractivity contribution in [1.29, 1.82) is 0 Å². The summed E-state index contributed by atoms with van der Waals surface area (Å²) in [5.41, 5.74) is 4.31. The van der Waals surface area contributed by atoms with E-state index in [2.05, 4.69) is 22.3 Å². The van der Waals surface area contributed by atoms with E-state index in [1.807, 2.05) is 54.1 Å². The van der Waals surface area contributed by atoms with Gasteiger partial charge in [-0.15, -0.1) is 0 Å². The zero-order valence-electron chi connectivity index (χ0n) is 14.6. The number of pyridine rings is 1. The molecule has 128 valence electrons. The summed E-state index contributed by atoms with van der Waals surface area (Å²) in [6.07, 6.45) is 5.19. The van der Waals surface area contributed by atoms with Crippen LogP contribution in [0.15, 0.2) is 54.9 Å². The summed E-state index contributed by atoms with van der Waals surface area (Å²) in [5.74, 6) is -0.0908. The van der Waals surface area contributed by atoms with Gasteiger partial charge in [-0.2, -0.15) is 5.10 Å². The van der Waals surface area contributed by atoms with Crippen molar-refractivity contribution in [1.82, 2.24) is 20.1 Å². The Bertz CT molecular complexity index is 841. The first-order valence-corrected chi connectivity index (χ1v) is 8.51. The smallest absolute Gasteiger partial charge is 0.255 e. The number of aryl methyl sites for hydroxylation is 1. The predicted molar refractivity (Wildman–Crippen MR) is 97.7 cm³/mol. The molecular weight excluding hydrogens is 312 g/mol. The molecule has 0 atom stereocenters. The molecule has 0 aliphatic rings. The second kappa shape index (κ2) is 7.75. The number of hydrogen-bond donors (Lipinski definition) is 1. The molecular formula is C20H22N4O. The molecule has 1 aromatic carbocycles. The Hall–Kier alpha value is -2.95. The van der Waals surface area contributed by atoms with Crippen molar-refractivity contribution in [2.75, 3.05) is 0 Å². The average molecular weight is 334 g/mol. The van der Waals surface area contributed by atoms with Crippen molar-refractivity contribution in [2.45, 2.75) is 33.2 Å². The van der Waals surface area contributed by atoms with Crippen LogP contribution < -0.4 is 5.32 Å². The summed E-state index contributed by atoms with van der Waals surface area (Å²) in [7, 11) is 0. The second-order valence-electron chi connectivity index (χ2n) is 5.95. The lowest BCUT2D eigenvalue weighted by atomic mass is 10.1. The van der Waals surface area contributed by atoms with Crippen LogP contribution in [0, 0.1) is 6.92 Å². The molecule has 0 saturated carbocycles. The number of hydrogen-bond acceptors (Lipinski definition) is 3. The number of carbonyl (C=O) groups excluding carboxylic acids is 1. The predicted octanol–water partition coefficient (Wildman–Crippen LogP) is 3.46. The molecule has 0 saturated heterocycles.